The normalized spacial score (nSPS) is 10.5. The summed E-state index contributed by atoms with van der Waals surface area (Å²) >= 11 is 1.66. The Morgan fingerprint density at radius 3 is 2.84 bits per heavy atom. The molecule has 0 aliphatic heterocycles. The lowest BCUT2D eigenvalue weighted by molar-refractivity contribution is 0.295. The number of thiazole rings is 1. The molecule has 0 bridgehead atoms. The maximum atomic E-state index is 5.85. The molecule has 1 aromatic heterocycles. The molecule has 1 heterocycles. The van der Waals surface area contributed by atoms with Gasteiger partial charge in [-0.2, -0.15) is 0 Å². The van der Waals surface area contributed by atoms with Gasteiger partial charge in [0.2, 0.25) is 0 Å². The number of ether oxygens (including phenoxy) is 2. The summed E-state index contributed by atoms with van der Waals surface area (Å²) in [4.78, 5) is 5.48. The van der Waals surface area contributed by atoms with E-state index in [9.17, 15) is 0 Å². The van der Waals surface area contributed by atoms with Gasteiger partial charge < -0.3 is 15.2 Å². The average molecular weight is 278 g/mol. The van der Waals surface area contributed by atoms with E-state index in [1.807, 2.05) is 30.6 Å². The summed E-state index contributed by atoms with van der Waals surface area (Å²) in [5.74, 6) is 1.47. The van der Waals surface area contributed by atoms with Crippen molar-refractivity contribution in [2.24, 2.45) is 5.73 Å². The van der Waals surface area contributed by atoms with Gasteiger partial charge in [-0.3, -0.25) is 0 Å². The van der Waals surface area contributed by atoms with E-state index < -0.39 is 0 Å². The van der Waals surface area contributed by atoms with Gasteiger partial charge in [0.25, 0.3) is 0 Å². The topological polar surface area (TPSA) is 57.4 Å². The molecule has 4 nitrogen and oxygen atoms in total. The minimum atomic E-state index is 0.437. The summed E-state index contributed by atoms with van der Waals surface area (Å²) in [6, 6.07) is 5.75. The van der Waals surface area contributed by atoms with Crippen LogP contribution in [0, 0.1) is 6.92 Å². The van der Waals surface area contributed by atoms with Crippen LogP contribution >= 0.6 is 11.3 Å². The third-order valence-corrected chi connectivity index (χ3v) is 3.92. The van der Waals surface area contributed by atoms with Crippen molar-refractivity contribution in [3.05, 3.63) is 39.8 Å². The van der Waals surface area contributed by atoms with Crippen molar-refractivity contribution >= 4 is 11.3 Å². The summed E-state index contributed by atoms with van der Waals surface area (Å²) in [5, 5.41) is 0. The van der Waals surface area contributed by atoms with Crippen LogP contribution in [0.5, 0.6) is 11.5 Å². The molecule has 102 valence electrons. The SMILES string of the molecule is COc1cccc(CN)c1OCCc1scnc1C. The lowest BCUT2D eigenvalue weighted by atomic mass is 10.2. The molecule has 19 heavy (non-hydrogen) atoms. The molecular formula is C14H18N2O2S. The van der Waals surface area contributed by atoms with E-state index in [1.165, 1.54) is 4.88 Å². The summed E-state index contributed by atoms with van der Waals surface area (Å²) in [6.45, 7) is 3.04. The minimum Gasteiger partial charge on any atom is -0.493 e. The highest BCUT2D eigenvalue weighted by molar-refractivity contribution is 7.09. The van der Waals surface area contributed by atoms with Gasteiger partial charge in [0.15, 0.2) is 11.5 Å². The number of para-hydroxylation sites is 1. The zero-order valence-corrected chi connectivity index (χ0v) is 12.0. The van der Waals surface area contributed by atoms with Crippen molar-refractivity contribution in [2.75, 3.05) is 13.7 Å². The maximum Gasteiger partial charge on any atom is 0.165 e. The Kier molecular flexibility index (Phi) is 4.76. The van der Waals surface area contributed by atoms with Gasteiger partial charge in [-0.15, -0.1) is 11.3 Å². The minimum absolute atomic E-state index is 0.437. The van der Waals surface area contributed by atoms with E-state index in [0.29, 0.717) is 13.2 Å². The second kappa shape index (κ2) is 6.54. The smallest absolute Gasteiger partial charge is 0.165 e. The number of hydrogen-bond acceptors (Lipinski definition) is 5. The number of nitrogens with zero attached hydrogens (tertiary/aromatic N) is 1. The van der Waals surface area contributed by atoms with Gasteiger partial charge in [-0.1, -0.05) is 12.1 Å². The fraction of sp³-hybridized carbons (Fsp3) is 0.357. The van der Waals surface area contributed by atoms with Gasteiger partial charge in [0.05, 0.1) is 24.9 Å². The molecule has 2 rings (SSSR count). The molecule has 0 saturated carbocycles. The van der Waals surface area contributed by atoms with Crippen LogP contribution in [0.25, 0.3) is 0 Å². The third kappa shape index (κ3) is 3.24. The predicted molar refractivity (Wildman–Crippen MR) is 76.9 cm³/mol. The van der Waals surface area contributed by atoms with E-state index in [4.69, 9.17) is 15.2 Å². The molecule has 0 amide bonds. The van der Waals surface area contributed by atoms with Crippen LogP contribution in [-0.2, 0) is 13.0 Å². The number of hydrogen-bond donors (Lipinski definition) is 1. The Morgan fingerprint density at radius 2 is 2.21 bits per heavy atom. The summed E-state index contributed by atoms with van der Waals surface area (Å²) in [7, 11) is 1.63. The van der Waals surface area contributed by atoms with Crippen LogP contribution in [-0.4, -0.2) is 18.7 Å². The van der Waals surface area contributed by atoms with E-state index in [1.54, 1.807) is 18.4 Å². The number of rotatable bonds is 6. The highest BCUT2D eigenvalue weighted by atomic mass is 32.1. The van der Waals surface area contributed by atoms with Crippen molar-refractivity contribution in [2.45, 2.75) is 19.9 Å². The fourth-order valence-corrected chi connectivity index (χ4v) is 2.62. The Hall–Kier alpha value is -1.59. The number of methoxy groups -OCH3 is 1. The van der Waals surface area contributed by atoms with Crippen LogP contribution in [0.4, 0.5) is 0 Å². The van der Waals surface area contributed by atoms with Crippen LogP contribution in [0.15, 0.2) is 23.7 Å². The molecule has 0 saturated heterocycles. The van der Waals surface area contributed by atoms with Crippen LogP contribution in [0.1, 0.15) is 16.1 Å². The summed E-state index contributed by atoms with van der Waals surface area (Å²) in [5.41, 5.74) is 9.62. The van der Waals surface area contributed by atoms with Gasteiger partial charge in [0.1, 0.15) is 0 Å². The quantitative estimate of drug-likeness (QED) is 0.882. The second-order valence-corrected chi connectivity index (χ2v) is 5.05. The molecule has 0 fully saturated rings. The van der Waals surface area contributed by atoms with Crippen LogP contribution < -0.4 is 15.2 Å². The Morgan fingerprint density at radius 1 is 1.37 bits per heavy atom. The molecule has 0 aliphatic carbocycles. The molecule has 2 aromatic rings. The zero-order chi connectivity index (χ0) is 13.7. The Bertz CT molecular complexity index is 518. The number of aryl methyl sites for hydroxylation is 1. The number of benzene rings is 1. The van der Waals surface area contributed by atoms with Crippen molar-refractivity contribution < 1.29 is 9.47 Å². The lowest BCUT2D eigenvalue weighted by Gasteiger charge is -2.14. The molecule has 2 N–H and O–H groups in total. The largest absolute Gasteiger partial charge is 0.493 e. The fourth-order valence-electron chi connectivity index (χ4n) is 1.86. The van der Waals surface area contributed by atoms with E-state index in [-0.39, 0.29) is 0 Å². The van der Waals surface area contributed by atoms with E-state index in [2.05, 4.69) is 4.98 Å². The predicted octanol–water partition coefficient (Wildman–Crippen LogP) is 2.54. The standard InChI is InChI=1S/C14H18N2O2S/c1-10-13(19-9-16-10)6-7-18-14-11(8-15)4-3-5-12(14)17-2/h3-5,9H,6-8,15H2,1-2H3. The first kappa shape index (κ1) is 13.8. The van der Waals surface area contributed by atoms with Gasteiger partial charge >= 0.3 is 0 Å². The van der Waals surface area contributed by atoms with Gasteiger partial charge in [-0.25, -0.2) is 4.98 Å². The Balaban J connectivity index is 2.04. The van der Waals surface area contributed by atoms with Crippen molar-refractivity contribution in [1.29, 1.82) is 0 Å². The van der Waals surface area contributed by atoms with Gasteiger partial charge in [-0.05, 0) is 13.0 Å². The molecule has 5 heteroatoms. The van der Waals surface area contributed by atoms with E-state index in [0.717, 1.165) is 29.2 Å². The van der Waals surface area contributed by atoms with Crippen molar-refractivity contribution in [1.82, 2.24) is 4.98 Å². The van der Waals surface area contributed by atoms with Crippen LogP contribution in [0.3, 0.4) is 0 Å². The Labute approximate surface area is 117 Å². The first-order chi connectivity index (χ1) is 9.26. The van der Waals surface area contributed by atoms with Crippen LogP contribution in [0.2, 0.25) is 0 Å². The second-order valence-electron chi connectivity index (χ2n) is 4.11. The van der Waals surface area contributed by atoms with Crippen molar-refractivity contribution in [3.8, 4) is 11.5 Å². The number of nitrogens with two attached hydrogens (primary N) is 1. The molecule has 0 radical (unpaired) electrons. The zero-order valence-electron chi connectivity index (χ0n) is 11.2. The summed E-state index contributed by atoms with van der Waals surface area (Å²) < 4.78 is 11.2. The first-order valence-electron chi connectivity index (χ1n) is 6.14. The maximum absolute atomic E-state index is 5.85. The molecular weight excluding hydrogens is 260 g/mol. The summed E-state index contributed by atoms with van der Waals surface area (Å²) in [6.07, 6.45) is 0.846. The molecule has 0 spiro atoms. The molecule has 0 atom stereocenters. The number of aromatic nitrogens is 1. The highest BCUT2D eigenvalue weighted by Gasteiger charge is 2.10. The first-order valence-corrected chi connectivity index (χ1v) is 7.02. The van der Waals surface area contributed by atoms with Crippen molar-refractivity contribution in [3.63, 3.8) is 0 Å². The molecule has 0 aliphatic rings. The average Bonchev–Trinajstić information content (AvgIpc) is 2.84. The molecule has 0 unspecified atom stereocenters. The monoisotopic (exact) mass is 278 g/mol. The third-order valence-electron chi connectivity index (χ3n) is 2.92. The van der Waals surface area contributed by atoms with Gasteiger partial charge in [0, 0.05) is 23.4 Å². The van der Waals surface area contributed by atoms with E-state index >= 15 is 0 Å². The lowest BCUT2D eigenvalue weighted by Crippen LogP contribution is -2.07. The molecule has 1 aromatic carbocycles. The highest BCUT2D eigenvalue weighted by Crippen LogP contribution is 2.31.